The van der Waals surface area contributed by atoms with Crippen LogP contribution >= 0.6 is 0 Å². The Labute approximate surface area is 123 Å². The molecule has 0 spiro atoms. The number of rotatable bonds is 8. The molecule has 0 unspecified atom stereocenters. The monoisotopic (exact) mass is 296 g/mol. The number of carbonyl (C=O) groups is 2. The highest BCUT2D eigenvalue weighted by atomic mass is 16.5. The molecule has 8 heteroatoms. The lowest BCUT2D eigenvalue weighted by molar-refractivity contribution is -0.137. The first-order valence-corrected chi connectivity index (χ1v) is 6.77. The first kappa shape index (κ1) is 16.9. The number of carboxylic acids is 1. The maximum Gasteiger partial charge on any atom is 0.322 e. The van der Waals surface area contributed by atoms with Gasteiger partial charge in [-0.2, -0.15) is 5.26 Å². The Balaban J connectivity index is 2.21. The molecule has 3 N–H and O–H groups in total. The van der Waals surface area contributed by atoms with E-state index in [-0.39, 0.29) is 5.57 Å². The van der Waals surface area contributed by atoms with Crippen LogP contribution in [0.5, 0.6) is 0 Å². The van der Waals surface area contributed by atoms with E-state index in [4.69, 9.17) is 15.1 Å². The smallest absolute Gasteiger partial charge is 0.322 e. The van der Waals surface area contributed by atoms with Gasteiger partial charge in [0.1, 0.15) is 18.2 Å². The molecule has 1 heterocycles. The number of nitrogens with zero attached hydrogens (tertiary/aromatic N) is 2. The third-order valence-electron chi connectivity index (χ3n) is 2.91. The fraction of sp³-hybridized carbons (Fsp3) is 0.615. The predicted octanol–water partition coefficient (Wildman–Crippen LogP) is -1.09. The van der Waals surface area contributed by atoms with Crippen molar-refractivity contribution in [1.29, 1.82) is 5.26 Å². The second-order valence-electron chi connectivity index (χ2n) is 4.51. The van der Waals surface area contributed by atoms with Gasteiger partial charge in [-0.1, -0.05) is 0 Å². The van der Waals surface area contributed by atoms with Crippen LogP contribution in [0.4, 0.5) is 0 Å². The van der Waals surface area contributed by atoms with Gasteiger partial charge >= 0.3 is 5.97 Å². The number of hydrogen-bond donors (Lipinski definition) is 3. The quantitative estimate of drug-likeness (QED) is 0.296. The number of carboxylic acid groups (broad SMARTS) is 1. The molecule has 116 valence electrons. The molecule has 1 aliphatic rings. The number of morpholine rings is 1. The molecule has 0 bridgehead atoms. The van der Waals surface area contributed by atoms with Crippen LogP contribution < -0.4 is 10.6 Å². The highest BCUT2D eigenvalue weighted by Gasteiger charge is 2.10. The van der Waals surface area contributed by atoms with E-state index in [1.807, 2.05) is 0 Å². The van der Waals surface area contributed by atoms with Crippen molar-refractivity contribution >= 4 is 11.9 Å². The number of nitriles is 1. The Morgan fingerprint density at radius 2 is 2.10 bits per heavy atom. The van der Waals surface area contributed by atoms with E-state index in [0.717, 1.165) is 39.3 Å². The average molecular weight is 296 g/mol. The van der Waals surface area contributed by atoms with Gasteiger partial charge in [-0.15, -0.1) is 0 Å². The normalized spacial score (nSPS) is 16.0. The summed E-state index contributed by atoms with van der Waals surface area (Å²) in [7, 11) is 0. The minimum atomic E-state index is -1.15. The summed E-state index contributed by atoms with van der Waals surface area (Å²) in [6.45, 7) is 4.43. The van der Waals surface area contributed by atoms with Gasteiger partial charge in [0.25, 0.3) is 5.91 Å². The standard InChI is InChI=1S/C13H20N4O4/c14-8-11(13(20)16-10-12(18)19)9-15-2-1-3-17-4-6-21-7-5-17/h9,15H,1-7,10H2,(H,16,20)(H,18,19)/b11-9-. The highest BCUT2D eigenvalue weighted by Crippen LogP contribution is 1.97. The minimum absolute atomic E-state index is 0.136. The van der Waals surface area contributed by atoms with Gasteiger partial charge in [0.05, 0.1) is 13.2 Å². The number of nitrogens with one attached hydrogen (secondary N) is 2. The van der Waals surface area contributed by atoms with E-state index in [9.17, 15) is 9.59 Å². The molecule has 1 saturated heterocycles. The molecular formula is C13H20N4O4. The second kappa shape index (κ2) is 9.74. The van der Waals surface area contributed by atoms with Gasteiger partial charge in [0, 0.05) is 25.8 Å². The third-order valence-corrected chi connectivity index (χ3v) is 2.91. The highest BCUT2D eigenvalue weighted by molar-refractivity contribution is 5.98. The number of hydrogen-bond acceptors (Lipinski definition) is 6. The summed E-state index contributed by atoms with van der Waals surface area (Å²) in [6.07, 6.45) is 2.20. The van der Waals surface area contributed by atoms with Crippen LogP contribution in [0.1, 0.15) is 6.42 Å². The van der Waals surface area contributed by atoms with Crippen molar-refractivity contribution in [3.05, 3.63) is 11.8 Å². The molecule has 21 heavy (non-hydrogen) atoms. The van der Waals surface area contributed by atoms with Gasteiger partial charge in [0.15, 0.2) is 0 Å². The summed E-state index contributed by atoms with van der Waals surface area (Å²) in [4.78, 5) is 24.1. The summed E-state index contributed by atoms with van der Waals surface area (Å²) in [5.74, 6) is -1.85. The minimum Gasteiger partial charge on any atom is -0.480 e. The van der Waals surface area contributed by atoms with E-state index in [1.165, 1.54) is 6.20 Å². The van der Waals surface area contributed by atoms with Crippen molar-refractivity contribution in [1.82, 2.24) is 15.5 Å². The topological polar surface area (TPSA) is 115 Å². The van der Waals surface area contributed by atoms with Crippen molar-refractivity contribution in [3.8, 4) is 6.07 Å². The van der Waals surface area contributed by atoms with E-state index >= 15 is 0 Å². The molecule has 0 atom stereocenters. The van der Waals surface area contributed by atoms with E-state index < -0.39 is 18.4 Å². The number of carbonyl (C=O) groups excluding carboxylic acids is 1. The van der Waals surface area contributed by atoms with Crippen molar-refractivity contribution in [2.75, 3.05) is 45.9 Å². The maximum atomic E-state index is 11.5. The molecule has 8 nitrogen and oxygen atoms in total. The van der Waals surface area contributed by atoms with Crippen LogP contribution in [0.2, 0.25) is 0 Å². The number of aliphatic carboxylic acids is 1. The zero-order valence-corrected chi connectivity index (χ0v) is 11.8. The number of amides is 1. The molecule has 0 saturated carbocycles. The van der Waals surface area contributed by atoms with Crippen LogP contribution in [-0.2, 0) is 14.3 Å². The van der Waals surface area contributed by atoms with E-state index in [1.54, 1.807) is 6.07 Å². The zero-order valence-electron chi connectivity index (χ0n) is 11.8. The van der Waals surface area contributed by atoms with Gasteiger partial charge in [-0.3, -0.25) is 14.5 Å². The van der Waals surface area contributed by atoms with Gasteiger partial charge < -0.3 is 20.5 Å². The van der Waals surface area contributed by atoms with Crippen LogP contribution in [0.15, 0.2) is 11.8 Å². The Kier molecular flexibility index (Phi) is 7.86. The lowest BCUT2D eigenvalue weighted by Gasteiger charge is -2.26. The van der Waals surface area contributed by atoms with Crippen LogP contribution in [0.25, 0.3) is 0 Å². The fourth-order valence-corrected chi connectivity index (χ4v) is 1.80. The Morgan fingerprint density at radius 1 is 1.38 bits per heavy atom. The first-order valence-electron chi connectivity index (χ1n) is 6.77. The molecule has 1 fully saturated rings. The SMILES string of the molecule is N#C/C(=C/NCCCN1CCOCC1)C(=O)NCC(=O)O. The summed E-state index contributed by atoms with van der Waals surface area (Å²) in [5, 5.41) is 22.3. The fourth-order valence-electron chi connectivity index (χ4n) is 1.80. The molecule has 1 rings (SSSR count). The second-order valence-corrected chi connectivity index (χ2v) is 4.51. The Morgan fingerprint density at radius 3 is 2.71 bits per heavy atom. The van der Waals surface area contributed by atoms with Crippen molar-refractivity contribution in [2.24, 2.45) is 0 Å². The zero-order chi connectivity index (χ0) is 15.5. The van der Waals surface area contributed by atoms with Gasteiger partial charge in [0.2, 0.25) is 0 Å². The summed E-state index contributed by atoms with van der Waals surface area (Å²) in [5.41, 5.74) is -0.136. The third kappa shape index (κ3) is 7.29. The first-order chi connectivity index (χ1) is 10.1. The summed E-state index contributed by atoms with van der Waals surface area (Å²) in [6, 6.07) is 1.73. The maximum absolute atomic E-state index is 11.5. The number of ether oxygens (including phenoxy) is 1. The van der Waals surface area contributed by atoms with E-state index in [2.05, 4.69) is 15.5 Å². The molecule has 0 aromatic heterocycles. The Hall–Kier alpha value is -2.11. The summed E-state index contributed by atoms with van der Waals surface area (Å²) >= 11 is 0. The van der Waals surface area contributed by atoms with Crippen LogP contribution in [0, 0.1) is 11.3 Å². The summed E-state index contributed by atoms with van der Waals surface area (Å²) < 4.78 is 5.25. The van der Waals surface area contributed by atoms with Gasteiger partial charge in [-0.25, -0.2) is 0 Å². The molecular weight excluding hydrogens is 276 g/mol. The van der Waals surface area contributed by atoms with Crippen molar-refractivity contribution in [2.45, 2.75) is 6.42 Å². The van der Waals surface area contributed by atoms with Crippen molar-refractivity contribution in [3.63, 3.8) is 0 Å². The Bertz CT molecular complexity index is 424. The van der Waals surface area contributed by atoms with Crippen LogP contribution in [-0.4, -0.2) is 67.8 Å². The predicted molar refractivity (Wildman–Crippen MR) is 74.2 cm³/mol. The average Bonchev–Trinajstić information content (AvgIpc) is 2.49. The van der Waals surface area contributed by atoms with E-state index in [0.29, 0.717) is 6.54 Å². The molecule has 0 aromatic rings. The van der Waals surface area contributed by atoms with Crippen LogP contribution in [0.3, 0.4) is 0 Å². The molecule has 0 aromatic carbocycles. The lowest BCUT2D eigenvalue weighted by Crippen LogP contribution is -2.37. The molecule has 0 radical (unpaired) electrons. The lowest BCUT2D eigenvalue weighted by atomic mass is 10.3. The molecule has 1 aliphatic heterocycles. The largest absolute Gasteiger partial charge is 0.480 e. The van der Waals surface area contributed by atoms with Gasteiger partial charge in [-0.05, 0) is 13.0 Å². The molecule has 0 aliphatic carbocycles. The molecule has 1 amide bonds. The van der Waals surface area contributed by atoms with Crippen molar-refractivity contribution < 1.29 is 19.4 Å².